The largest absolute Gasteiger partial charge is 0.507 e. The molecule has 136 valence electrons. The molecule has 26 heavy (non-hydrogen) atoms. The fourth-order valence-electron chi connectivity index (χ4n) is 3.70. The van der Waals surface area contributed by atoms with E-state index in [4.69, 9.17) is 0 Å². The van der Waals surface area contributed by atoms with E-state index in [1.807, 2.05) is 23.6 Å². The fourth-order valence-corrected chi connectivity index (χ4v) is 4.52. The second-order valence-electron chi connectivity index (χ2n) is 6.87. The second kappa shape index (κ2) is 7.60. The van der Waals surface area contributed by atoms with E-state index in [9.17, 15) is 9.90 Å². The van der Waals surface area contributed by atoms with E-state index in [0.717, 1.165) is 36.5 Å². The zero-order chi connectivity index (χ0) is 17.9. The topological polar surface area (TPSA) is 56.1 Å². The molecule has 0 saturated carbocycles. The first-order valence-electron chi connectivity index (χ1n) is 9.16. The predicted molar refractivity (Wildman–Crippen MR) is 103 cm³/mol. The number of carbonyl (C=O) groups is 1. The summed E-state index contributed by atoms with van der Waals surface area (Å²) in [6.07, 6.45) is 4.20. The number of hydrogen-bond donors (Lipinski definition) is 1. The maximum Gasteiger partial charge on any atom is 0.257 e. The third kappa shape index (κ3) is 3.52. The van der Waals surface area contributed by atoms with Gasteiger partial charge in [-0.3, -0.25) is 9.69 Å². The molecule has 0 aliphatic carbocycles. The number of likely N-dealkylation sites (tertiary alicyclic amines) is 1. The van der Waals surface area contributed by atoms with Crippen LogP contribution in [0.25, 0.3) is 0 Å². The van der Waals surface area contributed by atoms with Crippen molar-refractivity contribution in [3.63, 3.8) is 0 Å². The molecule has 5 nitrogen and oxygen atoms in total. The summed E-state index contributed by atoms with van der Waals surface area (Å²) in [6, 6.07) is 11.2. The van der Waals surface area contributed by atoms with Gasteiger partial charge in [0.15, 0.2) is 0 Å². The summed E-state index contributed by atoms with van der Waals surface area (Å²) < 4.78 is 0. The molecule has 1 aromatic carbocycles. The Hall–Kier alpha value is -2.18. The molecule has 0 spiro atoms. The highest BCUT2D eigenvalue weighted by molar-refractivity contribution is 7.10. The molecule has 1 amide bonds. The Morgan fingerprint density at radius 2 is 1.96 bits per heavy atom. The Morgan fingerprint density at radius 3 is 2.69 bits per heavy atom. The summed E-state index contributed by atoms with van der Waals surface area (Å²) in [7, 11) is 0. The molecule has 2 aliphatic heterocycles. The average Bonchev–Trinajstić information content (AvgIpc) is 3.32. The molecule has 6 heteroatoms. The van der Waals surface area contributed by atoms with Crippen LogP contribution in [0.15, 0.2) is 46.9 Å². The Balaban J connectivity index is 1.59. The first kappa shape index (κ1) is 17.2. The van der Waals surface area contributed by atoms with Gasteiger partial charge in [-0.2, -0.15) is 5.10 Å². The van der Waals surface area contributed by atoms with Crippen LogP contribution in [0.2, 0.25) is 0 Å². The molecule has 3 heterocycles. The Kier molecular flexibility index (Phi) is 5.04. The molecule has 1 atom stereocenters. The van der Waals surface area contributed by atoms with Crippen molar-refractivity contribution in [3.8, 4) is 5.75 Å². The van der Waals surface area contributed by atoms with Gasteiger partial charge in [-0.15, -0.1) is 11.3 Å². The van der Waals surface area contributed by atoms with Crippen LogP contribution >= 0.6 is 11.3 Å². The van der Waals surface area contributed by atoms with Crippen molar-refractivity contribution in [3.05, 3.63) is 52.2 Å². The number of rotatable bonds is 4. The molecule has 4 rings (SSSR count). The number of hydrogen-bond acceptors (Lipinski definition) is 5. The number of piperidine rings is 1. The zero-order valence-electron chi connectivity index (χ0n) is 14.7. The Bertz CT molecular complexity index is 797. The van der Waals surface area contributed by atoms with Crippen LogP contribution in [0.5, 0.6) is 5.75 Å². The fraction of sp³-hybridized carbons (Fsp3) is 0.400. The summed E-state index contributed by atoms with van der Waals surface area (Å²) in [5.41, 5.74) is 1.48. The molecular formula is C20H23N3O2S. The van der Waals surface area contributed by atoms with Crippen LogP contribution in [0.3, 0.4) is 0 Å². The standard InChI is InChI=1S/C20H23N3O2S/c24-18-8-3-2-7-15(18)16-13-17(19-9-6-12-26-19)23(21-16)20(25)14-22-10-4-1-5-11-22/h2-3,6-9,12,17,24H,1,4-5,10-11,13-14H2/t17-/m0/s1. The Morgan fingerprint density at radius 1 is 1.15 bits per heavy atom. The number of benzene rings is 1. The van der Waals surface area contributed by atoms with Crippen molar-refractivity contribution in [1.29, 1.82) is 0 Å². The maximum absolute atomic E-state index is 13.0. The van der Waals surface area contributed by atoms with Gasteiger partial charge in [-0.05, 0) is 49.5 Å². The molecule has 0 unspecified atom stereocenters. The van der Waals surface area contributed by atoms with Crippen molar-refractivity contribution in [2.75, 3.05) is 19.6 Å². The molecule has 1 saturated heterocycles. The molecule has 0 radical (unpaired) electrons. The number of phenolic OH excluding ortho intramolecular Hbond substituents is 1. The van der Waals surface area contributed by atoms with Gasteiger partial charge in [-0.25, -0.2) is 5.01 Å². The highest BCUT2D eigenvalue weighted by Gasteiger charge is 2.35. The first-order chi connectivity index (χ1) is 12.7. The number of para-hydroxylation sites is 1. The van der Waals surface area contributed by atoms with Crippen LogP contribution in [0.1, 0.15) is 42.2 Å². The SMILES string of the molecule is O=C(CN1CCCCC1)N1N=C(c2ccccc2O)C[C@H]1c1cccs1. The van der Waals surface area contributed by atoms with Crippen LogP contribution in [0, 0.1) is 0 Å². The quantitative estimate of drug-likeness (QED) is 0.896. The van der Waals surface area contributed by atoms with E-state index in [1.54, 1.807) is 28.5 Å². The van der Waals surface area contributed by atoms with E-state index in [2.05, 4.69) is 16.1 Å². The maximum atomic E-state index is 13.0. The van der Waals surface area contributed by atoms with Gasteiger partial charge in [0.1, 0.15) is 5.75 Å². The summed E-state index contributed by atoms with van der Waals surface area (Å²) in [6.45, 7) is 2.39. The van der Waals surface area contributed by atoms with Gasteiger partial charge >= 0.3 is 0 Å². The summed E-state index contributed by atoms with van der Waals surface area (Å²) >= 11 is 1.65. The minimum atomic E-state index is -0.0816. The lowest BCUT2D eigenvalue weighted by molar-refractivity contribution is -0.134. The van der Waals surface area contributed by atoms with E-state index in [-0.39, 0.29) is 17.7 Å². The minimum Gasteiger partial charge on any atom is -0.507 e. The third-order valence-electron chi connectivity index (χ3n) is 5.06. The lowest BCUT2D eigenvalue weighted by Crippen LogP contribution is -2.40. The lowest BCUT2D eigenvalue weighted by atomic mass is 10.0. The molecule has 2 aliphatic rings. The third-order valence-corrected chi connectivity index (χ3v) is 6.03. The van der Waals surface area contributed by atoms with E-state index < -0.39 is 0 Å². The number of amides is 1. The van der Waals surface area contributed by atoms with Crippen molar-refractivity contribution in [2.24, 2.45) is 5.10 Å². The monoisotopic (exact) mass is 369 g/mol. The van der Waals surface area contributed by atoms with Gasteiger partial charge < -0.3 is 5.11 Å². The van der Waals surface area contributed by atoms with Gasteiger partial charge in [0.05, 0.1) is 18.3 Å². The predicted octanol–water partition coefficient (Wildman–Crippen LogP) is 3.62. The van der Waals surface area contributed by atoms with Crippen molar-refractivity contribution in [2.45, 2.75) is 31.7 Å². The van der Waals surface area contributed by atoms with Crippen molar-refractivity contribution in [1.82, 2.24) is 9.91 Å². The molecule has 0 bridgehead atoms. The lowest BCUT2D eigenvalue weighted by Gasteiger charge is -2.28. The van der Waals surface area contributed by atoms with Crippen LogP contribution in [-0.4, -0.2) is 46.3 Å². The number of carbonyl (C=O) groups excluding carboxylic acids is 1. The highest BCUT2D eigenvalue weighted by Crippen LogP contribution is 2.36. The summed E-state index contributed by atoms with van der Waals surface area (Å²) in [5, 5.41) is 18.5. The first-order valence-corrected chi connectivity index (χ1v) is 10.0. The molecule has 2 aromatic rings. The number of thiophene rings is 1. The van der Waals surface area contributed by atoms with Crippen LogP contribution in [0.4, 0.5) is 0 Å². The van der Waals surface area contributed by atoms with Gasteiger partial charge in [0, 0.05) is 16.9 Å². The normalized spacial score (nSPS) is 21.0. The number of phenols is 1. The van der Waals surface area contributed by atoms with Crippen molar-refractivity contribution < 1.29 is 9.90 Å². The molecule has 1 fully saturated rings. The van der Waals surface area contributed by atoms with Crippen LogP contribution in [-0.2, 0) is 4.79 Å². The van der Waals surface area contributed by atoms with E-state index in [0.29, 0.717) is 18.5 Å². The zero-order valence-corrected chi connectivity index (χ0v) is 15.5. The van der Waals surface area contributed by atoms with Gasteiger partial charge in [0.2, 0.25) is 0 Å². The van der Waals surface area contributed by atoms with E-state index >= 15 is 0 Å². The number of aromatic hydroxyl groups is 1. The smallest absolute Gasteiger partial charge is 0.257 e. The summed E-state index contributed by atoms with van der Waals surface area (Å²) in [5.74, 6) is 0.247. The van der Waals surface area contributed by atoms with Gasteiger partial charge in [0.25, 0.3) is 5.91 Å². The van der Waals surface area contributed by atoms with Gasteiger partial charge in [-0.1, -0.05) is 24.6 Å². The average molecular weight is 369 g/mol. The highest BCUT2D eigenvalue weighted by atomic mass is 32.1. The molecular weight excluding hydrogens is 346 g/mol. The second-order valence-corrected chi connectivity index (χ2v) is 7.85. The molecule has 1 N–H and O–H groups in total. The van der Waals surface area contributed by atoms with E-state index in [1.165, 1.54) is 6.42 Å². The summed E-state index contributed by atoms with van der Waals surface area (Å²) in [4.78, 5) is 16.4. The Labute approximate surface area is 157 Å². The molecule has 1 aromatic heterocycles. The van der Waals surface area contributed by atoms with Crippen molar-refractivity contribution >= 4 is 23.0 Å². The minimum absolute atomic E-state index is 0.0377. The van der Waals surface area contributed by atoms with Crippen LogP contribution < -0.4 is 0 Å². The number of nitrogens with zero attached hydrogens (tertiary/aromatic N) is 3. The number of hydrazone groups is 1.